The van der Waals surface area contributed by atoms with Crippen LogP contribution in [0.4, 0.5) is 4.79 Å². The second kappa shape index (κ2) is 10.0. The molecule has 35 heavy (non-hydrogen) atoms. The van der Waals surface area contributed by atoms with Crippen molar-refractivity contribution in [2.24, 2.45) is 0 Å². The molecule has 0 saturated heterocycles. The zero-order valence-corrected chi connectivity index (χ0v) is 21.6. The van der Waals surface area contributed by atoms with E-state index in [1.165, 1.54) is 0 Å². The van der Waals surface area contributed by atoms with Gasteiger partial charge >= 0.3 is 6.03 Å². The van der Waals surface area contributed by atoms with Crippen LogP contribution in [-0.4, -0.2) is 35.8 Å². The van der Waals surface area contributed by atoms with Gasteiger partial charge in [0.15, 0.2) is 4.21 Å². The molecule has 2 amide bonds. The number of amides is 2. The summed E-state index contributed by atoms with van der Waals surface area (Å²) in [6.45, 7) is 7.68. The predicted octanol–water partition coefficient (Wildman–Crippen LogP) is 4.46. The lowest BCUT2D eigenvalue weighted by molar-refractivity contribution is 0.246. The second-order valence-corrected chi connectivity index (χ2v) is 11.3. The molecule has 0 spiro atoms. The topological polar surface area (TPSA) is 106 Å². The number of aromatic nitrogens is 3. The molecule has 0 bridgehead atoms. The summed E-state index contributed by atoms with van der Waals surface area (Å²) in [5.41, 5.74) is 6.63. The molecular weight excluding hydrogens is 482 g/mol. The molecular formula is C25H27N5O3S2. The monoisotopic (exact) mass is 509 g/mol. The predicted molar refractivity (Wildman–Crippen MR) is 137 cm³/mol. The Hall–Kier alpha value is -3.50. The Bertz CT molecular complexity index is 1460. The van der Waals surface area contributed by atoms with Crippen molar-refractivity contribution >= 4 is 27.4 Å². The van der Waals surface area contributed by atoms with Crippen molar-refractivity contribution in [1.82, 2.24) is 24.8 Å². The number of rotatable bonds is 7. The van der Waals surface area contributed by atoms with Crippen LogP contribution in [0, 0.1) is 27.7 Å². The van der Waals surface area contributed by atoms with Crippen LogP contribution < -0.4 is 10.0 Å². The molecule has 0 aliphatic carbocycles. The van der Waals surface area contributed by atoms with Crippen molar-refractivity contribution in [3.63, 3.8) is 0 Å². The van der Waals surface area contributed by atoms with E-state index < -0.39 is 16.1 Å². The minimum absolute atomic E-state index is 0.0558. The number of carbonyl (C=O) groups is 1. The third kappa shape index (κ3) is 5.44. The summed E-state index contributed by atoms with van der Waals surface area (Å²) in [7, 11) is -3.94. The van der Waals surface area contributed by atoms with E-state index in [-0.39, 0.29) is 4.21 Å². The Morgan fingerprint density at radius 2 is 1.66 bits per heavy atom. The largest absolute Gasteiger partial charge is 0.337 e. The van der Waals surface area contributed by atoms with E-state index in [1.54, 1.807) is 13.8 Å². The van der Waals surface area contributed by atoms with Crippen LogP contribution >= 0.6 is 11.3 Å². The van der Waals surface area contributed by atoms with Crippen LogP contribution in [0.25, 0.3) is 16.8 Å². The third-order valence-corrected chi connectivity index (χ3v) is 8.58. The average Bonchev–Trinajstić information content (AvgIpc) is 3.32. The van der Waals surface area contributed by atoms with E-state index in [4.69, 9.17) is 5.10 Å². The molecule has 0 saturated carbocycles. The summed E-state index contributed by atoms with van der Waals surface area (Å²) in [5, 5.41) is 7.96. The molecule has 2 heterocycles. The van der Waals surface area contributed by atoms with Gasteiger partial charge in [0.25, 0.3) is 10.0 Å². The smallest absolute Gasteiger partial charge is 0.328 e. The molecule has 0 atom stereocenters. The number of nitrogens with one attached hydrogen (secondary N) is 2. The van der Waals surface area contributed by atoms with Crippen molar-refractivity contribution in [2.75, 3.05) is 6.54 Å². The van der Waals surface area contributed by atoms with Gasteiger partial charge < -0.3 is 5.32 Å². The van der Waals surface area contributed by atoms with Crippen LogP contribution in [0.1, 0.15) is 27.7 Å². The zero-order valence-electron chi connectivity index (χ0n) is 20.0. The highest BCUT2D eigenvalue weighted by Crippen LogP contribution is 2.28. The lowest BCUT2D eigenvalue weighted by Crippen LogP contribution is -2.40. The Labute approximate surface area is 209 Å². The maximum absolute atomic E-state index is 12.4. The molecule has 10 heteroatoms. The summed E-state index contributed by atoms with van der Waals surface area (Å²) in [5.74, 6) is 0. The van der Waals surface area contributed by atoms with E-state index in [0.717, 1.165) is 45.1 Å². The molecule has 4 rings (SSSR count). The van der Waals surface area contributed by atoms with E-state index in [2.05, 4.69) is 34.1 Å². The molecule has 0 fully saturated rings. The SMILES string of the molecule is Cc1nc(C)c(S(=O)(=O)NC(=O)NCCc2ccc(-n3nc(C)c(-c4ccccc4)c3C)cc2)s1. The number of benzene rings is 2. The quantitative estimate of drug-likeness (QED) is 0.383. The summed E-state index contributed by atoms with van der Waals surface area (Å²) in [6.07, 6.45) is 0.554. The first-order valence-electron chi connectivity index (χ1n) is 11.1. The molecule has 2 N–H and O–H groups in total. The van der Waals surface area contributed by atoms with Crippen LogP contribution in [-0.2, 0) is 16.4 Å². The molecule has 2 aromatic carbocycles. The molecule has 0 aliphatic rings. The summed E-state index contributed by atoms with van der Waals surface area (Å²) in [6, 6.07) is 17.4. The summed E-state index contributed by atoms with van der Waals surface area (Å²) in [4.78, 5) is 16.2. The minimum atomic E-state index is -3.94. The van der Waals surface area contributed by atoms with E-state index in [9.17, 15) is 13.2 Å². The number of sulfonamides is 1. The number of hydrogen-bond acceptors (Lipinski definition) is 6. The molecule has 0 unspecified atom stereocenters. The summed E-state index contributed by atoms with van der Waals surface area (Å²) >= 11 is 1.04. The Morgan fingerprint density at radius 3 is 2.29 bits per heavy atom. The Kier molecular flexibility index (Phi) is 7.04. The maximum Gasteiger partial charge on any atom is 0.328 e. The zero-order chi connectivity index (χ0) is 25.2. The van der Waals surface area contributed by atoms with Gasteiger partial charge in [0, 0.05) is 17.8 Å². The third-order valence-electron chi connectivity index (χ3n) is 5.57. The van der Waals surface area contributed by atoms with Crippen molar-refractivity contribution < 1.29 is 13.2 Å². The Morgan fingerprint density at radius 1 is 0.971 bits per heavy atom. The van der Waals surface area contributed by atoms with Gasteiger partial charge in [-0.15, -0.1) is 11.3 Å². The Balaban J connectivity index is 1.37. The highest BCUT2D eigenvalue weighted by atomic mass is 32.2. The fourth-order valence-electron chi connectivity index (χ4n) is 4.01. The molecule has 4 aromatic rings. The van der Waals surface area contributed by atoms with Crippen LogP contribution in [0.15, 0.2) is 58.8 Å². The van der Waals surface area contributed by atoms with Gasteiger partial charge in [-0.3, -0.25) is 0 Å². The van der Waals surface area contributed by atoms with E-state index in [1.807, 2.05) is 54.1 Å². The number of urea groups is 1. The highest BCUT2D eigenvalue weighted by Gasteiger charge is 2.23. The molecule has 2 aromatic heterocycles. The van der Waals surface area contributed by atoms with Crippen molar-refractivity contribution in [1.29, 1.82) is 0 Å². The van der Waals surface area contributed by atoms with Crippen molar-refractivity contribution in [3.8, 4) is 16.8 Å². The van der Waals surface area contributed by atoms with Gasteiger partial charge in [0.1, 0.15) is 0 Å². The normalized spacial score (nSPS) is 11.4. The highest BCUT2D eigenvalue weighted by molar-refractivity contribution is 7.92. The lowest BCUT2D eigenvalue weighted by Gasteiger charge is -2.09. The first-order valence-corrected chi connectivity index (χ1v) is 13.4. The fraction of sp³-hybridized carbons (Fsp3) is 0.240. The minimum Gasteiger partial charge on any atom is -0.337 e. The van der Waals surface area contributed by atoms with E-state index in [0.29, 0.717) is 23.7 Å². The summed E-state index contributed by atoms with van der Waals surface area (Å²) < 4.78 is 28.9. The number of thiazole rings is 1. The van der Waals surface area contributed by atoms with Gasteiger partial charge in [0.2, 0.25) is 0 Å². The lowest BCUT2D eigenvalue weighted by atomic mass is 10.0. The average molecular weight is 510 g/mol. The van der Waals surface area contributed by atoms with Crippen molar-refractivity contribution in [3.05, 3.63) is 82.3 Å². The number of aryl methyl sites for hydroxylation is 3. The standard InChI is InChI=1S/C25H27N5O3S2/c1-16-23(21-8-6-5-7-9-21)18(3)30(28-16)22-12-10-20(11-13-22)14-15-26-25(31)29-35(32,33)24-17(2)27-19(4)34-24/h5-13H,14-15H2,1-4H3,(H2,26,29,31). The van der Waals surface area contributed by atoms with Crippen LogP contribution in [0.2, 0.25) is 0 Å². The van der Waals surface area contributed by atoms with Crippen LogP contribution in [0.5, 0.6) is 0 Å². The van der Waals surface area contributed by atoms with Crippen LogP contribution in [0.3, 0.4) is 0 Å². The maximum atomic E-state index is 12.4. The van der Waals surface area contributed by atoms with Gasteiger partial charge in [-0.25, -0.2) is 27.6 Å². The first-order chi connectivity index (χ1) is 16.7. The van der Waals surface area contributed by atoms with Gasteiger partial charge in [-0.1, -0.05) is 42.5 Å². The fourth-order valence-corrected chi connectivity index (χ4v) is 6.42. The van der Waals surface area contributed by atoms with Gasteiger partial charge in [-0.2, -0.15) is 5.10 Å². The molecule has 0 radical (unpaired) electrons. The number of hydrogen-bond donors (Lipinski definition) is 2. The number of nitrogens with zero attached hydrogens (tertiary/aromatic N) is 3. The van der Waals surface area contributed by atoms with Crippen molar-refractivity contribution in [2.45, 2.75) is 38.3 Å². The number of carbonyl (C=O) groups excluding carboxylic acids is 1. The molecule has 0 aliphatic heterocycles. The first kappa shape index (κ1) is 24.6. The van der Waals surface area contributed by atoms with Gasteiger partial charge in [-0.05, 0) is 57.4 Å². The molecule has 8 nitrogen and oxygen atoms in total. The second-order valence-electron chi connectivity index (χ2n) is 8.21. The molecule has 182 valence electrons. The van der Waals surface area contributed by atoms with Gasteiger partial charge in [0.05, 0.1) is 22.1 Å². The van der Waals surface area contributed by atoms with E-state index >= 15 is 0 Å².